The third kappa shape index (κ3) is 1.33. The van der Waals surface area contributed by atoms with E-state index in [9.17, 15) is 17.6 Å². The van der Waals surface area contributed by atoms with E-state index in [2.05, 4.69) is 5.10 Å². The second-order valence-electron chi connectivity index (χ2n) is 1.96. The van der Waals surface area contributed by atoms with E-state index in [1.807, 2.05) is 0 Å². The van der Waals surface area contributed by atoms with Gasteiger partial charge in [0.05, 0.1) is 6.20 Å². The van der Waals surface area contributed by atoms with Gasteiger partial charge in [-0.15, -0.1) is 0 Å². The molecule has 1 rings (SSSR count). The number of rotatable bonds is 0. The lowest BCUT2D eigenvalue weighted by Crippen LogP contribution is -2.13. The largest absolute Gasteiger partial charge is 0.435 e. The molecule has 62 valence electrons. The molecule has 0 aromatic carbocycles. The highest BCUT2D eigenvalue weighted by Gasteiger charge is 2.37. The van der Waals surface area contributed by atoms with Crippen molar-refractivity contribution in [3.63, 3.8) is 0 Å². The van der Waals surface area contributed by atoms with Crippen molar-refractivity contribution in [1.82, 2.24) is 9.78 Å². The van der Waals surface area contributed by atoms with Crippen LogP contribution in [0.25, 0.3) is 0 Å². The van der Waals surface area contributed by atoms with E-state index in [-0.39, 0.29) is 0 Å². The normalized spacial score (nSPS) is 12.1. The third-order valence-corrected chi connectivity index (χ3v) is 1.16. The van der Waals surface area contributed by atoms with Crippen molar-refractivity contribution in [2.75, 3.05) is 0 Å². The first-order valence-electron chi connectivity index (χ1n) is 2.67. The summed E-state index contributed by atoms with van der Waals surface area (Å²) in [6, 6.07) is 0. The summed E-state index contributed by atoms with van der Waals surface area (Å²) in [6.07, 6.45) is -4.14. The number of alkyl halides is 3. The minimum atomic E-state index is -4.67. The summed E-state index contributed by atoms with van der Waals surface area (Å²) in [4.78, 5) is 0. The minimum Gasteiger partial charge on any atom is -0.261 e. The van der Waals surface area contributed by atoms with Crippen LogP contribution in [-0.2, 0) is 13.2 Å². The molecule has 11 heavy (non-hydrogen) atoms. The van der Waals surface area contributed by atoms with Crippen molar-refractivity contribution in [2.45, 2.75) is 6.18 Å². The first-order valence-corrected chi connectivity index (χ1v) is 2.67. The second-order valence-corrected chi connectivity index (χ2v) is 1.96. The average Bonchev–Trinajstić information content (AvgIpc) is 2.08. The van der Waals surface area contributed by atoms with Crippen molar-refractivity contribution in [2.24, 2.45) is 7.05 Å². The highest BCUT2D eigenvalue weighted by molar-refractivity contribution is 5.07. The zero-order valence-corrected chi connectivity index (χ0v) is 5.48. The third-order valence-electron chi connectivity index (χ3n) is 1.16. The summed E-state index contributed by atoms with van der Waals surface area (Å²) < 4.78 is 48.3. The molecule has 0 atom stereocenters. The fraction of sp³-hybridized carbons (Fsp3) is 0.400. The van der Waals surface area contributed by atoms with Gasteiger partial charge < -0.3 is 0 Å². The van der Waals surface area contributed by atoms with Gasteiger partial charge in [0.2, 0.25) is 0 Å². The average molecular weight is 168 g/mol. The van der Waals surface area contributed by atoms with Crippen molar-refractivity contribution < 1.29 is 17.6 Å². The molecule has 0 N–H and O–H groups in total. The van der Waals surface area contributed by atoms with Gasteiger partial charge in [-0.25, -0.2) is 4.39 Å². The predicted octanol–water partition coefficient (Wildman–Crippen LogP) is 1.58. The lowest BCUT2D eigenvalue weighted by atomic mass is 10.4. The van der Waals surface area contributed by atoms with Crippen molar-refractivity contribution >= 4 is 0 Å². The summed E-state index contributed by atoms with van der Waals surface area (Å²) >= 11 is 0. The number of aromatic nitrogens is 2. The number of hydrogen-bond donors (Lipinski definition) is 0. The molecule has 1 aromatic heterocycles. The van der Waals surface area contributed by atoms with Crippen LogP contribution < -0.4 is 0 Å². The Morgan fingerprint density at radius 1 is 1.45 bits per heavy atom. The molecule has 0 radical (unpaired) electrons. The number of halogens is 4. The topological polar surface area (TPSA) is 17.8 Å². The fourth-order valence-electron chi connectivity index (χ4n) is 0.730. The minimum absolute atomic E-state index is 0.454. The van der Waals surface area contributed by atoms with Gasteiger partial charge in [-0.1, -0.05) is 0 Å². The monoisotopic (exact) mass is 168 g/mol. The van der Waals surface area contributed by atoms with E-state index in [0.717, 1.165) is 7.05 Å². The first-order chi connectivity index (χ1) is 4.93. The van der Waals surface area contributed by atoms with E-state index in [0.29, 0.717) is 10.9 Å². The van der Waals surface area contributed by atoms with Gasteiger partial charge in [-0.2, -0.15) is 18.3 Å². The lowest BCUT2D eigenvalue weighted by Gasteiger charge is -2.05. The maximum atomic E-state index is 12.3. The highest BCUT2D eigenvalue weighted by atomic mass is 19.4. The fourth-order valence-corrected chi connectivity index (χ4v) is 0.730. The van der Waals surface area contributed by atoms with Crippen LogP contribution in [0.15, 0.2) is 6.20 Å². The molecule has 6 heteroatoms. The molecule has 0 saturated heterocycles. The van der Waals surface area contributed by atoms with Gasteiger partial charge in [-0.3, -0.25) is 4.68 Å². The molecule has 1 aromatic rings. The second kappa shape index (κ2) is 2.21. The smallest absolute Gasteiger partial charge is 0.261 e. The molecule has 1 heterocycles. The van der Waals surface area contributed by atoms with Crippen LogP contribution in [0.1, 0.15) is 5.69 Å². The Labute approximate surface area is 59.4 Å². The van der Waals surface area contributed by atoms with E-state index < -0.39 is 17.7 Å². The molecule has 0 aliphatic rings. The standard InChI is InChI=1S/C5H4F4N2/c1-11-4(5(7,8)9)3(6)2-10-11/h2H,1H3. The van der Waals surface area contributed by atoms with Gasteiger partial charge in [0, 0.05) is 7.05 Å². The molecule has 0 fully saturated rings. The summed E-state index contributed by atoms with van der Waals surface area (Å²) in [6.45, 7) is 0. The summed E-state index contributed by atoms with van der Waals surface area (Å²) in [5.41, 5.74) is -1.35. The van der Waals surface area contributed by atoms with Crippen molar-refractivity contribution in [1.29, 1.82) is 0 Å². The molecular formula is C5H4F4N2. The number of aryl methyl sites for hydroxylation is 1. The number of nitrogens with zero attached hydrogens (tertiary/aromatic N) is 2. The molecular weight excluding hydrogens is 164 g/mol. The van der Waals surface area contributed by atoms with E-state index >= 15 is 0 Å². The van der Waals surface area contributed by atoms with Gasteiger partial charge in [0.15, 0.2) is 11.5 Å². The van der Waals surface area contributed by atoms with Crippen LogP contribution in [-0.4, -0.2) is 9.78 Å². The first kappa shape index (κ1) is 8.03. The SMILES string of the molecule is Cn1ncc(F)c1C(F)(F)F. The Hall–Kier alpha value is -1.07. The van der Waals surface area contributed by atoms with E-state index in [1.165, 1.54) is 0 Å². The quantitative estimate of drug-likeness (QED) is 0.537. The van der Waals surface area contributed by atoms with Crippen LogP contribution in [0, 0.1) is 5.82 Å². The van der Waals surface area contributed by atoms with E-state index in [1.54, 1.807) is 0 Å². The van der Waals surface area contributed by atoms with Crippen LogP contribution in [0.3, 0.4) is 0 Å². The molecule has 0 saturated carbocycles. The van der Waals surface area contributed by atoms with Gasteiger partial charge >= 0.3 is 6.18 Å². The summed E-state index contributed by atoms with van der Waals surface area (Å²) in [5.74, 6) is -1.35. The van der Waals surface area contributed by atoms with Gasteiger partial charge in [0.1, 0.15) is 0 Å². The Kier molecular flexibility index (Phi) is 1.62. The molecule has 0 unspecified atom stereocenters. The van der Waals surface area contributed by atoms with Crippen LogP contribution in [0.4, 0.5) is 17.6 Å². The number of hydrogen-bond acceptors (Lipinski definition) is 1. The Morgan fingerprint density at radius 2 is 2.00 bits per heavy atom. The van der Waals surface area contributed by atoms with Gasteiger partial charge in [0.25, 0.3) is 0 Å². The maximum absolute atomic E-state index is 12.3. The summed E-state index contributed by atoms with van der Waals surface area (Å²) in [7, 11) is 1.03. The van der Waals surface area contributed by atoms with Crippen LogP contribution >= 0.6 is 0 Å². The Balaban J connectivity index is 3.21. The molecule has 2 nitrogen and oxygen atoms in total. The molecule has 0 spiro atoms. The molecule has 0 aliphatic heterocycles. The highest BCUT2D eigenvalue weighted by Crippen LogP contribution is 2.30. The molecule has 0 aliphatic carbocycles. The van der Waals surface area contributed by atoms with E-state index in [4.69, 9.17) is 0 Å². The zero-order chi connectivity index (χ0) is 8.65. The van der Waals surface area contributed by atoms with Crippen LogP contribution in [0.2, 0.25) is 0 Å². The van der Waals surface area contributed by atoms with Crippen molar-refractivity contribution in [3.8, 4) is 0 Å². The summed E-state index contributed by atoms with van der Waals surface area (Å²) in [5, 5.41) is 3.10. The van der Waals surface area contributed by atoms with Crippen LogP contribution in [0.5, 0.6) is 0 Å². The Morgan fingerprint density at radius 3 is 2.18 bits per heavy atom. The van der Waals surface area contributed by atoms with Gasteiger partial charge in [-0.05, 0) is 0 Å². The molecule has 0 amide bonds. The maximum Gasteiger partial charge on any atom is 0.435 e. The lowest BCUT2D eigenvalue weighted by molar-refractivity contribution is -0.146. The predicted molar refractivity (Wildman–Crippen MR) is 28.2 cm³/mol. The van der Waals surface area contributed by atoms with Crippen molar-refractivity contribution in [3.05, 3.63) is 17.7 Å². The Bertz CT molecular complexity index is 242. The molecule has 0 bridgehead atoms. The zero-order valence-electron chi connectivity index (χ0n) is 5.48.